The number of carbonyl (C=O) groups is 1. The summed E-state index contributed by atoms with van der Waals surface area (Å²) in [4.78, 5) is 13.5. The Morgan fingerprint density at radius 2 is 1.55 bits per heavy atom. The van der Waals surface area contributed by atoms with E-state index in [-0.39, 0.29) is 23.6 Å². The fraction of sp³-hybridized carbons (Fsp3) is 0.192. The zero-order chi connectivity index (χ0) is 21.4. The number of nitrogens with one attached hydrogen (secondary N) is 2. The van der Waals surface area contributed by atoms with Crippen LogP contribution in [-0.4, -0.2) is 12.9 Å². The maximum Gasteiger partial charge on any atom is 0.163 e. The summed E-state index contributed by atoms with van der Waals surface area (Å²) in [6.45, 7) is 0. The van der Waals surface area contributed by atoms with Crippen LogP contribution in [0.25, 0.3) is 0 Å². The molecule has 5 heteroatoms. The van der Waals surface area contributed by atoms with Crippen molar-refractivity contribution in [3.8, 4) is 5.75 Å². The Kier molecular flexibility index (Phi) is 4.94. The van der Waals surface area contributed by atoms with Gasteiger partial charge in [0.05, 0.1) is 24.5 Å². The van der Waals surface area contributed by atoms with E-state index in [1.807, 2.05) is 48.5 Å². The van der Waals surface area contributed by atoms with Gasteiger partial charge in [-0.3, -0.25) is 4.79 Å². The van der Waals surface area contributed by atoms with Gasteiger partial charge in [0.2, 0.25) is 0 Å². The molecule has 2 N–H and O–H groups in total. The fourth-order valence-electron chi connectivity index (χ4n) is 4.51. The molecule has 1 aliphatic heterocycles. The van der Waals surface area contributed by atoms with Crippen molar-refractivity contribution < 1.29 is 13.9 Å². The number of anilines is 2. The molecule has 4 nitrogen and oxygen atoms in total. The lowest BCUT2D eigenvalue weighted by Crippen LogP contribution is -2.26. The topological polar surface area (TPSA) is 50.4 Å². The van der Waals surface area contributed by atoms with Crippen LogP contribution in [0.2, 0.25) is 0 Å². The third-order valence-electron chi connectivity index (χ3n) is 6.10. The van der Waals surface area contributed by atoms with Gasteiger partial charge in [-0.15, -0.1) is 0 Å². The minimum absolute atomic E-state index is 0.0868. The lowest BCUT2D eigenvalue weighted by molar-refractivity contribution is -0.116. The Bertz CT molecular complexity index is 1150. The summed E-state index contributed by atoms with van der Waals surface area (Å²) in [6, 6.07) is 21.9. The van der Waals surface area contributed by atoms with Crippen molar-refractivity contribution in [3.05, 3.63) is 101 Å². The Balaban J connectivity index is 1.57. The molecule has 5 rings (SSSR count). The van der Waals surface area contributed by atoms with Gasteiger partial charge in [-0.2, -0.15) is 0 Å². The molecule has 1 aliphatic carbocycles. The van der Waals surface area contributed by atoms with Crippen molar-refractivity contribution >= 4 is 17.2 Å². The lowest BCUT2D eigenvalue weighted by Gasteiger charge is -2.30. The van der Waals surface area contributed by atoms with E-state index in [1.54, 1.807) is 19.2 Å². The molecule has 1 heterocycles. The lowest BCUT2D eigenvalue weighted by atomic mass is 9.78. The molecule has 0 bridgehead atoms. The van der Waals surface area contributed by atoms with Gasteiger partial charge >= 0.3 is 0 Å². The largest absolute Gasteiger partial charge is 0.497 e. The second kappa shape index (κ2) is 7.91. The first-order valence-electron chi connectivity index (χ1n) is 10.4. The number of hydrogen-bond acceptors (Lipinski definition) is 4. The monoisotopic (exact) mass is 414 g/mol. The van der Waals surface area contributed by atoms with Gasteiger partial charge in [0.25, 0.3) is 0 Å². The smallest absolute Gasteiger partial charge is 0.163 e. The Hall–Kier alpha value is -3.60. The summed E-state index contributed by atoms with van der Waals surface area (Å²) >= 11 is 0. The highest BCUT2D eigenvalue weighted by Gasteiger charge is 2.36. The van der Waals surface area contributed by atoms with Gasteiger partial charge < -0.3 is 15.4 Å². The average molecular weight is 414 g/mol. The standard InChI is InChI=1S/C26H23FN2O2/c1-31-20-12-8-16(9-13-20)18-14-23-25(24(30)15-18)26(17-6-10-19(27)11-7-17)29-22-5-3-2-4-21(22)28-23/h2-13,18,26,28-29H,14-15H2,1H3/t18-,26+/m0/s1. The first-order chi connectivity index (χ1) is 15.1. The van der Waals surface area contributed by atoms with Crippen LogP contribution in [0.1, 0.15) is 35.9 Å². The van der Waals surface area contributed by atoms with Crippen molar-refractivity contribution in [1.29, 1.82) is 0 Å². The number of fused-ring (bicyclic) bond motifs is 1. The molecule has 3 aromatic carbocycles. The summed E-state index contributed by atoms with van der Waals surface area (Å²) in [6.07, 6.45) is 1.16. The molecule has 0 saturated carbocycles. The Morgan fingerprint density at radius 1 is 0.871 bits per heavy atom. The van der Waals surface area contributed by atoms with Gasteiger partial charge in [0.15, 0.2) is 5.78 Å². The summed E-state index contributed by atoms with van der Waals surface area (Å²) < 4.78 is 18.8. The molecule has 0 fully saturated rings. The number of para-hydroxylation sites is 2. The predicted octanol–water partition coefficient (Wildman–Crippen LogP) is 5.81. The van der Waals surface area contributed by atoms with E-state index in [4.69, 9.17) is 4.74 Å². The van der Waals surface area contributed by atoms with Crippen LogP contribution in [0, 0.1) is 5.82 Å². The van der Waals surface area contributed by atoms with Crippen molar-refractivity contribution in [2.24, 2.45) is 0 Å². The molecular formula is C26H23FN2O2. The molecule has 3 aromatic rings. The number of allylic oxidation sites excluding steroid dienone is 1. The average Bonchev–Trinajstić information content (AvgIpc) is 2.96. The van der Waals surface area contributed by atoms with Crippen LogP contribution in [0.4, 0.5) is 15.8 Å². The first-order valence-corrected chi connectivity index (χ1v) is 10.4. The number of hydrogen-bond donors (Lipinski definition) is 2. The molecule has 0 amide bonds. The van der Waals surface area contributed by atoms with Gasteiger partial charge in [0, 0.05) is 17.7 Å². The number of carbonyl (C=O) groups excluding carboxylic acids is 1. The number of halogens is 1. The van der Waals surface area contributed by atoms with Crippen LogP contribution < -0.4 is 15.4 Å². The quantitative estimate of drug-likeness (QED) is 0.568. The molecule has 0 saturated heterocycles. The van der Waals surface area contributed by atoms with Crippen molar-refractivity contribution in [2.75, 3.05) is 17.7 Å². The van der Waals surface area contributed by atoms with Crippen molar-refractivity contribution in [1.82, 2.24) is 0 Å². The maximum absolute atomic E-state index is 13.6. The van der Waals surface area contributed by atoms with E-state index in [1.165, 1.54) is 12.1 Å². The summed E-state index contributed by atoms with van der Waals surface area (Å²) in [5.74, 6) is 0.695. The van der Waals surface area contributed by atoms with Crippen LogP contribution >= 0.6 is 0 Å². The number of methoxy groups -OCH3 is 1. The van der Waals surface area contributed by atoms with Crippen LogP contribution in [-0.2, 0) is 4.79 Å². The van der Waals surface area contributed by atoms with Crippen LogP contribution in [0.5, 0.6) is 5.75 Å². The summed E-state index contributed by atoms with van der Waals surface area (Å²) in [5, 5.41) is 7.04. The van der Waals surface area contributed by atoms with Crippen molar-refractivity contribution in [3.63, 3.8) is 0 Å². The fourth-order valence-corrected chi connectivity index (χ4v) is 4.51. The molecule has 0 spiro atoms. The van der Waals surface area contributed by atoms with E-state index in [0.717, 1.165) is 45.9 Å². The molecule has 31 heavy (non-hydrogen) atoms. The van der Waals surface area contributed by atoms with Gasteiger partial charge in [-0.25, -0.2) is 4.39 Å². The number of benzene rings is 3. The summed E-state index contributed by atoms with van der Waals surface area (Å²) in [5.41, 5.74) is 5.48. The van der Waals surface area contributed by atoms with E-state index in [2.05, 4.69) is 10.6 Å². The zero-order valence-corrected chi connectivity index (χ0v) is 17.2. The molecule has 0 unspecified atom stereocenters. The summed E-state index contributed by atoms with van der Waals surface area (Å²) in [7, 11) is 1.64. The van der Waals surface area contributed by atoms with Gasteiger partial charge in [0.1, 0.15) is 11.6 Å². The maximum atomic E-state index is 13.6. The highest BCUT2D eigenvalue weighted by Crippen LogP contribution is 2.44. The van der Waals surface area contributed by atoms with Crippen LogP contribution in [0.3, 0.4) is 0 Å². The SMILES string of the molecule is COc1ccc([C@@H]2CC(=O)C3=C(C2)Nc2ccccc2N[C@@H]3c2ccc(F)cc2)cc1. The van der Waals surface area contributed by atoms with Crippen molar-refractivity contribution in [2.45, 2.75) is 24.8 Å². The third-order valence-corrected chi connectivity index (χ3v) is 6.10. The Morgan fingerprint density at radius 3 is 2.26 bits per heavy atom. The second-order valence-electron chi connectivity index (χ2n) is 7.99. The highest BCUT2D eigenvalue weighted by molar-refractivity contribution is 6.01. The molecule has 2 aliphatic rings. The second-order valence-corrected chi connectivity index (χ2v) is 7.99. The number of Topliss-reactive ketones (excluding diaryl/α,β-unsaturated/α-hetero) is 1. The van der Waals surface area contributed by atoms with Gasteiger partial charge in [-0.05, 0) is 59.9 Å². The molecule has 2 atom stereocenters. The van der Waals surface area contributed by atoms with E-state index in [9.17, 15) is 9.18 Å². The number of ether oxygens (including phenoxy) is 1. The third kappa shape index (κ3) is 3.67. The molecular weight excluding hydrogens is 391 g/mol. The number of ketones is 1. The molecule has 0 aromatic heterocycles. The minimum Gasteiger partial charge on any atom is -0.497 e. The van der Waals surface area contributed by atoms with E-state index >= 15 is 0 Å². The van der Waals surface area contributed by atoms with Gasteiger partial charge in [-0.1, -0.05) is 36.4 Å². The minimum atomic E-state index is -0.337. The Labute approximate surface area is 180 Å². The van der Waals surface area contributed by atoms with Crippen LogP contribution in [0.15, 0.2) is 84.1 Å². The zero-order valence-electron chi connectivity index (χ0n) is 17.2. The van der Waals surface area contributed by atoms with E-state index < -0.39 is 0 Å². The highest BCUT2D eigenvalue weighted by atomic mass is 19.1. The number of rotatable bonds is 3. The molecule has 0 radical (unpaired) electrons. The van der Waals surface area contributed by atoms with E-state index in [0.29, 0.717) is 6.42 Å². The predicted molar refractivity (Wildman–Crippen MR) is 120 cm³/mol. The normalized spacial score (nSPS) is 20.1. The first kappa shape index (κ1) is 19.4. The molecule has 156 valence electrons.